The Balaban J connectivity index is 0.00000240. The third kappa shape index (κ3) is 4.27. The smallest absolute Gasteiger partial charge is 0.317 e. The van der Waals surface area contributed by atoms with E-state index in [1.165, 1.54) is 0 Å². The maximum atomic E-state index is 6.03. The molecule has 150 valence electrons. The van der Waals surface area contributed by atoms with E-state index in [1.807, 2.05) is 38.2 Å². The maximum absolute atomic E-state index is 6.03. The van der Waals surface area contributed by atoms with Crippen molar-refractivity contribution in [2.45, 2.75) is 26.9 Å². The molecule has 0 aliphatic carbocycles. The summed E-state index contributed by atoms with van der Waals surface area (Å²) in [5, 5.41) is 13.0. The fraction of sp³-hybridized carbons (Fsp3) is 0.250. The molecule has 0 fully saturated rings. The van der Waals surface area contributed by atoms with Crippen molar-refractivity contribution in [2.75, 3.05) is 0 Å². The van der Waals surface area contributed by atoms with Gasteiger partial charge in [-0.15, -0.1) is 5.10 Å². The van der Waals surface area contributed by atoms with Crippen molar-refractivity contribution in [1.29, 1.82) is 0 Å². The second-order valence-electron chi connectivity index (χ2n) is 6.08. The Bertz CT molecular complexity index is 1080. The van der Waals surface area contributed by atoms with Gasteiger partial charge in [-0.05, 0) is 36.8 Å². The predicted molar refractivity (Wildman–Crippen MR) is 109 cm³/mol. The molecule has 8 nitrogen and oxygen atoms in total. The SMILES string of the molecule is C.CCC(Oc1nnc(-c2ccncc2)n1C)c1noc(-c2cccc(Cl)c2)n1. The van der Waals surface area contributed by atoms with Gasteiger partial charge in [0.1, 0.15) is 0 Å². The fourth-order valence-corrected chi connectivity index (χ4v) is 2.91. The Hall–Kier alpha value is -3.26. The molecule has 0 aliphatic heterocycles. The zero-order valence-corrected chi connectivity index (χ0v) is 16.0. The minimum atomic E-state index is -0.426. The van der Waals surface area contributed by atoms with Gasteiger partial charge in [0.2, 0.25) is 5.82 Å². The van der Waals surface area contributed by atoms with Gasteiger partial charge >= 0.3 is 6.01 Å². The molecule has 9 heteroatoms. The average molecular weight is 413 g/mol. The Kier molecular flexibility index (Phi) is 6.23. The highest BCUT2D eigenvalue weighted by molar-refractivity contribution is 6.30. The van der Waals surface area contributed by atoms with Gasteiger partial charge in [0, 0.05) is 35.6 Å². The first-order valence-electron chi connectivity index (χ1n) is 8.71. The largest absolute Gasteiger partial charge is 0.452 e. The van der Waals surface area contributed by atoms with Crippen LogP contribution in [0.5, 0.6) is 6.01 Å². The zero-order valence-electron chi connectivity index (χ0n) is 15.3. The van der Waals surface area contributed by atoms with Crippen molar-refractivity contribution < 1.29 is 9.26 Å². The molecule has 0 aliphatic rings. The van der Waals surface area contributed by atoms with Crippen molar-refractivity contribution in [3.05, 3.63) is 59.6 Å². The van der Waals surface area contributed by atoms with E-state index in [4.69, 9.17) is 20.9 Å². The standard InChI is InChI=1S/C19H17ClN6O2.CH4/c1-3-15(16-22-18(28-25-16)13-5-4-6-14(20)11-13)27-19-24-23-17(26(19)2)12-7-9-21-10-8-12;/h4-11,15H,3H2,1-2H3;1H4. The van der Waals surface area contributed by atoms with Crippen LogP contribution in [0.3, 0.4) is 0 Å². The normalized spacial score (nSPS) is 11.7. The maximum Gasteiger partial charge on any atom is 0.317 e. The topological polar surface area (TPSA) is 91.8 Å². The molecule has 4 aromatic rings. The van der Waals surface area contributed by atoms with Gasteiger partial charge in [-0.2, -0.15) is 4.98 Å². The van der Waals surface area contributed by atoms with Gasteiger partial charge < -0.3 is 9.26 Å². The molecule has 0 saturated carbocycles. The van der Waals surface area contributed by atoms with Crippen molar-refractivity contribution in [3.8, 4) is 28.9 Å². The van der Waals surface area contributed by atoms with Crippen LogP contribution in [-0.4, -0.2) is 29.9 Å². The Morgan fingerprint density at radius 3 is 2.66 bits per heavy atom. The summed E-state index contributed by atoms with van der Waals surface area (Å²) in [6, 6.07) is 11.3. The quantitative estimate of drug-likeness (QED) is 0.451. The van der Waals surface area contributed by atoms with E-state index in [0.717, 1.165) is 11.1 Å². The molecule has 0 N–H and O–H groups in total. The lowest BCUT2D eigenvalue weighted by molar-refractivity contribution is 0.164. The number of ether oxygens (including phenoxy) is 1. The number of nitrogens with zero attached hydrogens (tertiary/aromatic N) is 6. The number of pyridine rings is 1. The highest BCUT2D eigenvalue weighted by Crippen LogP contribution is 2.27. The Labute approximate surface area is 173 Å². The fourth-order valence-electron chi connectivity index (χ4n) is 2.72. The average Bonchev–Trinajstić information content (AvgIpc) is 3.34. The van der Waals surface area contributed by atoms with Crippen molar-refractivity contribution in [2.24, 2.45) is 7.05 Å². The van der Waals surface area contributed by atoms with Gasteiger partial charge in [0.15, 0.2) is 11.9 Å². The van der Waals surface area contributed by atoms with Crippen LogP contribution < -0.4 is 4.74 Å². The van der Waals surface area contributed by atoms with Crippen molar-refractivity contribution >= 4 is 11.6 Å². The second kappa shape index (κ2) is 8.83. The number of hydrogen-bond donors (Lipinski definition) is 0. The van der Waals surface area contributed by atoms with Crippen LogP contribution >= 0.6 is 11.6 Å². The lowest BCUT2D eigenvalue weighted by atomic mass is 10.2. The summed E-state index contributed by atoms with van der Waals surface area (Å²) in [5.41, 5.74) is 1.65. The van der Waals surface area contributed by atoms with Crippen LogP contribution in [0.4, 0.5) is 0 Å². The zero-order chi connectivity index (χ0) is 19.5. The molecule has 3 aromatic heterocycles. The summed E-state index contributed by atoms with van der Waals surface area (Å²) in [4.78, 5) is 8.47. The van der Waals surface area contributed by atoms with E-state index < -0.39 is 6.10 Å². The van der Waals surface area contributed by atoms with E-state index in [-0.39, 0.29) is 7.43 Å². The number of benzene rings is 1. The first-order valence-corrected chi connectivity index (χ1v) is 9.09. The first kappa shape index (κ1) is 20.5. The van der Waals surface area contributed by atoms with E-state index in [1.54, 1.807) is 29.1 Å². The van der Waals surface area contributed by atoms with Crippen LogP contribution in [-0.2, 0) is 7.05 Å². The molecule has 0 amide bonds. The summed E-state index contributed by atoms with van der Waals surface area (Å²) < 4.78 is 13.2. The first-order chi connectivity index (χ1) is 13.7. The summed E-state index contributed by atoms with van der Waals surface area (Å²) in [6.07, 6.45) is 3.61. The van der Waals surface area contributed by atoms with Gasteiger partial charge in [0.25, 0.3) is 5.89 Å². The predicted octanol–water partition coefficient (Wildman–Crippen LogP) is 4.75. The van der Waals surface area contributed by atoms with Gasteiger partial charge in [0.05, 0.1) is 0 Å². The minimum Gasteiger partial charge on any atom is -0.452 e. The highest BCUT2D eigenvalue weighted by Gasteiger charge is 2.22. The molecule has 0 saturated heterocycles. The third-order valence-electron chi connectivity index (χ3n) is 4.19. The Morgan fingerprint density at radius 1 is 1.14 bits per heavy atom. The number of rotatable bonds is 6. The van der Waals surface area contributed by atoms with Crippen LogP contribution in [0.25, 0.3) is 22.8 Å². The summed E-state index contributed by atoms with van der Waals surface area (Å²) in [5.74, 6) is 1.50. The second-order valence-corrected chi connectivity index (χ2v) is 6.52. The van der Waals surface area contributed by atoms with E-state index in [0.29, 0.717) is 35.0 Å². The van der Waals surface area contributed by atoms with Gasteiger partial charge in [-0.25, -0.2) is 0 Å². The van der Waals surface area contributed by atoms with Crippen molar-refractivity contribution in [3.63, 3.8) is 0 Å². The van der Waals surface area contributed by atoms with Crippen molar-refractivity contribution in [1.82, 2.24) is 29.9 Å². The van der Waals surface area contributed by atoms with Gasteiger partial charge in [-0.1, -0.05) is 42.3 Å². The highest BCUT2D eigenvalue weighted by atomic mass is 35.5. The summed E-state index contributed by atoms with van der Waals surface area (Å²) in [7, 11) is 1.84. The molecule has 1 atom stereocenters. The van der Waals surface area contributed by atoms with E-state index >= 15 is 0 Å². The number of halogens is 1. The van der Waals surface area contributed by atoms with Crippen LogP contribution in [0.2, 0.25) is 5.02 Å². The molecular formula is C20H21ClN6O2. The molecular weight excluding hydrogens is 392 g/mol. The molecule has 0 bridgehead atoms. The molecule has 3 heterocycles. The van der Waals surface area contributed by atoms with E-state index in [9.17, 15) is 0 Å². The monoisotopic (exact) mass is 412 g/mol. The lowest BCUT2D eigenvalue weighted by Crippen LogP contribution is -2.11. The minimum absolute atomic E-state index is 0. The van der Waals surface area contributed by atoms with Crippen LogP contribution in [0, 0.1) is 0 Å². The molecule has 1 unspecified atom stereocenters. The summed E-state index contributed by atoms with van der Waals surface area (Å²) >= 11 is 6.03. The summed E-state index contributed by atoms with van der Waals surface area (Å²) in [6.45, 7) is 1.97. The number of hydrogen-bond acceptors (Lipinski definition) is 7. The molecule has 4 rings (SSSR count). The third-order valence-corrected chi connectivity index (χ3v) is 4.43. The molecule has 0 spiro atoms. The molecule has 1 aromatic carbocycles. The Morgan fingerprint density at radius 2 is 1.93 bits per heavy atom. The molecule has 0 radical (unpaired) electrons. The van der Waals surface area contributed by atoms with Crippen LogP contribution in [0.1, 0.15) is 32.7 Å². The molecule has 29 heavy (non-hydrogen) atoms. The lowest BCUT2D eigenvalue weighted by Gasteiger charge is -2.12. The van der Waals surface area contributed by atoms with E-state index in [2.05, 4.69) is 25.3 Å². The number of aromatic nitrogens is 6. The van der Waals surface area contributed by atoms with Gasteiger partial charge in [-0.3, -0.25) is 9.55 Å². The van der Waals surface area contributed by atoms with Crippen LogP contribution in [0.15, 0.2) is 53.3 Å².